The van der Waals surface area contributed by atoms with E-state index in [1.54, 1.807) is 11.1 Å². The van der Waals surface area contributed by atoms with Gasteiger partial charge in [-0.15, -0.1) is 0 Å². The summed E-state index contributed by atoms with van der Waals surface area (Å²) >= 11 is 0. The molecule has 0 radical (unpaired) electrons. The number of rotatable bonds is 2. The molecule has 0 N–H and O–H groups in total. The van der Waals surface area contributed by atoms with E-state index in [1.165, 1.54) is 0 Å². The number of amides is 1. The maximum absolute atomic E-state index is 11.8. The zero-order valence-electron chi connectivity index (χ0n) is 9.22. The fraction of sp³-hybridized carbons (Fsp3) is 0.333. The van der Waals surface area contributed by atoms with Gasteiger partial charge in [0.25, 0.3) is 0 Å². The highest BCUT2D eigenvalue weighted by Crippen LogP contribution is 2.23. The minimum atomic E-state index is -0.305. The summed E-state index contributed by atoms with van der Waals surface area (Å²) in [7, 11) is 0. The molecule has 1 aliphatic heterocycles. The van der Waals surface area contributed by atoms with Crippen LogP contribution in [-0.2, 0) is 4.74 Å². The Kier molecular flexibility index (Phi) is 3.19. The van der Waals surface area contributed by atoms with Crippen LogP contribution in [0.3, 0.4) is 0 Å². The Hall–Kier alpha value is -1.84. The second kappa shape index (κ2) is 4.79. The molecular weight excluding hydrogens is 204 g/mol. The maximum Gasteiger partial charge on any atom is 0.414 e. The lowest BCUT2D eigenvalue weighted by molar-refractivity contribution is 0.154. The Bertz CT molecular complexity index is 415. The Morgan fingerprint density at radius 3 is 3.31 bits per heavy atom. The second-order valence-corrected chi connectivity index (χ2v) is 3.54. The predicted octanol–water partition coefficient (Wildman–Crippen LogP) is 2.46. The van der Waals surface area contributed by atoms with Crippen LogP contribution >= 0.6 is 0 Å². The highest BCUT2D eigenvalue weighted by Gasteiger charge is 2.20. The summed E-state index contributed by atoms with van der Waals surface area (Å²) in [6.45, 7) is 2.97. The maximum atomic E-state index is 11.8. The summed E-state index contributed by atoms with van der Waals surface area (Å²) in [5, 5.41) is 0. The first-order valence-electron chi connectivity index (χ1n) is 5.38. The molecule has 0 saturated heterocycles. The normalized spacial score (nSPS) is 13.4. The molecule has 0 spiro atoms. The van der Waals surface area contributed by atoms with Crippen LogP contribution in [-0.4, -0.2) is 24.2 Å². The molecule has 0 aliphatic carbocycles. The fourth-order valence-corrected chi connectivity index (χ4v) is 1.57. The van der Waals surface area contributed by atoms with Crippen LogP contribution in [0.4, 0.5) is 10.5 Å². The standard InChI is InChI=1S/C12H14N2O2/c1-2-9-16-12(15)14-8-4-5-10-11(14)6-3-7-13-10/h3-7H,2,8-9H2,1H3. The molecule has 84 valence electrons. The molecule has 1 aliphatic rings. The van der Waals surface area contributed by atoms with Gasteiger partial charge in [0.05, 0.1) is 18.0 Å². The van der Waals surface area contributed by atoms with Gasteiger partial charge in [0.1, 0.15) is 0 Å². The Morgan fingerprint density at radius 1 is 1.62 bits per heavy atom. The van der Waals surface area contributed by atoms with Crippen LogP contribution in [0.25, 0.3) is 6.08 Å². The lowest BCUT2D eigenvalue weighted by atomic mass is 10.2. The van der Waals surface area contributed by atoms with Gasteiger partial charge in [0, 0.05) is 12.7 Å². The summed E-state index contributed by atoms with van der Waals surface area (Å²) in [6, 6.07) is 3.69. The van der Waals surface area contributed by atoms with E-state index in [0.29, 0.717) is 13.2 Å². The molecule has 0 bridgehead atoms. The third-order valence-electron chi connectivity index (χ3n) is 2.32. The molecule has 0 saturated carbocycles. The molecule has 1 amide bonds. The van der Waals surface area contributed by atoms with Crippen molar-refractivity contribution in [3.8, 4) is 0 Å². The van der Waals surface area contributed by atoms with Crippen molar-refractivity contribution in [2.75, 3.05) is 18.1 Å². The van der Waals surface area contributed by atoms with E-state index >= 15 is 0 Å². The SMILES string of the molecule is CCCOC(=O)N1CC=Cc2ncccc21. The molecule has 2 heterocycles. The van der Waals surface area contributed by atoms with E-state index < -0.39 is 0 Å². The predicted molar refractivity (Wildman–Crippen MR) is 62.3 cm³/mol. The number of carbonyl (C=O) groups excluding carboxylic acids is 1. The van der Waals surface area contributed by atoms with Crippen molar-refractivity contribution in [2.24, 2.45) is 0 Å². The molecule has 4 heteroatoms. The van der Waals surface area contributed by atoms with Crippen LogP contribution in [0.1, 0.15) is 19.0 Å². The van der Waals surface area contributed by atoms with Crippen LogP contribution in [0.15, 0.2) is 24.4 Å². The number of pyridine rings is 1. The lowest BCUT2D eigenvalue weighted by Crippen LogP contribution is -2.33. The van der Waals surface area contributed by atoms with E-state index in [-0.39, 0.29) is 6.09 Å². The molecule has 4 nitrogen and oxygen atoms in total. The van der Waals surface area contributed by atoms with E-state index in [0.717, 1.165) is 17.8 Å². The van der Waals surface area contributed by atoms with Crippen LogP contribution in [0.5, 0.6) is 0 Å². The molecule has 0 unspecified atom stereocenters. The molecule has 16 heavy (non-hydrogen) atoms. The number of hydrogen-bond acceptors (Lipinski definition) is 3. The van der Waals surface area contributed by atoms with Crippen molar-refractivity contribution in [2.45, 2.75) is 13.3 Å². The van der Waals surface area contributed by atoms with E-state index in [1.807, 2.05) is 31.2 Å². The third kappa shape index (κ3) is 2.05. The van der Waals surface area contributed by atoms with Gasteiger partial charge in [-0.3, -0.25) is 9.88 Å². The van der Waals surface area contributed by atoms with Crippen molar-refractivity contribution in [1.82, 2.24) is 4.98 Å². The zero-order valence-corrected chi connectivity index (χ0v) is 9.22. The zero-order chi connectivity index (χ0) is 11.4. The van der Waals surface area contributed by atoms with Gasteiger partial charge in [0.2, 0.25) is 0 Å². The molecular formula is C12H14N2O2. The van der Waals surface area contributed by atoms with Gasteiger partial charge >= 0.3 is 6.09 Å². The minimum Gasteiger partial charge on any atom is -0.449 e. The van der Waals surface area contributed by atoms with E-state index in [9.17, 15) is 4.79 Å². The number of hydrogen-bond donors (Lipinski definition) is 0. The van der Waals surface area contributed by atoms with E-state index in [2.05, 4.69) is 4.98 Å². The first-order valence-corrected chi connectivity index (χ1v) is 5.38. The number of aromatic nitrogens is 1. The Balaban J connectivity index is 2.18. The molecule has 0 fully saturated rings. The van der Waals surface area contributed by atoms with Crippen LogP contribution in [0.2, 0.25) is 0 Å². The molecule has 0 aromatic carbocycles. The van der Waals surface area contributed by atoms with Gasteiger partial charge in [-0.05, 0) is 24.6 Å². The van der Waals surface area contributed by atoms with Crippen LogP contribution in [0, 0.1) is 0 Å². The monoisotopic (exact) mass is 218 g/mol. The van der Waals surface area contributed by atoms with Gasteiger partial charge in [-0.2, -0.15) is 0 Å². The Morgan fingerprint density at radius 2 is 2.50 bits per heavy atom. The number of ether oxygens (including phenoxy) is 1. The van der Waals surface area contributed by atoms with Crippen molar-refractivity contribution < 1.29 is 9.53 Å². The van der Waals surface area contributed by atoms with Crippen molar-refractivity contribution in [3.05, 3.63) is 30.1 Å². The molecule has 2 rings (SSSR count). The fourth-order valence-electron chi connectivity index (χ4n) is 1.57. The highest BCUT2D eigenvalue weighted by atomic mass is 16.6. The third-order valence-corrected chi connectivity index (χ3v) is 2.32. The van der Waals surface area contributed by atoms with Crippen molar-refractivity contribution in [3.63, 3.8) is 0 Å². The number of fused-ring (bicyclic) bond motifs is 1. The molecule has 1 aromatic heterocycles. The van der Waals surface area contributed by atoms with Crippen molar-refractivity contribution >= 4 is 17.9 Å². The van der Waals surface area contributed by atoms with Gasteiger partial charge in [-0.1, -0.05) is 13.0 Å². The number of anilines is 1. The number of carbonyl (C=O) groups is 1. The van der Waals surface area contributed by atoms with E-state index in [4.69, 9.17) is 4.74 Å². The molecule has 0 atom stereocenters. The first-order chi connectivity index (χ1) is 7.83. The lowest BCUT2D eigenvalue weighted by Gasteiger charge is -2.24. The Labute approximate surface area is 94.5 Å². The second-order valence-electron chi connectivity index (χ2n) is 3.54. The summed E-state index contributed by atoms with van der Waals surface area (Å²) < 4.78 is 5.11. The summed E-state index contributed by atoms with van der Waals surface area (Å²) in [5.74, 6) is 0. The topological polar surface area (TPSA) is 42.4 Å². The molecule has 1 aromatic rings. The average molecular weight is 218 g/mol. The quantitative estimate of drug-likeness (QED) is 0.765. The minimum absolute atomic E-state index is 0.305. The van der Waals surface area contributed by atoms with Gasteiger partial charge in [0.15, 0.2) is 0 Å². The van der Waals surface area contributed by atoms with Crippen LogP contribution < -0.4 is 4.90 Å². The van der Waals surface area contributed by atoms with Gasteiger partial charge in [-0.25, -0.2) is 4.79 Å². The largest absolute Gasteiger partial charge is 0.449 e. The number of nitrogens with zero attached hydrogens (tertiary/aromatic N) is 2. The van der Waals surface area contributed by atoms with Crippen molar-refractivity contribution in [1.29, 1.82) is 0 Å². The highest BCUT2D eigenvalue weighted by molar-refractivity contribution is 5.91. The average Bonchev–Trinajstić information content (AvgIpc) is 2.35. The van der Waals surface area contributed by atoms with Gasteiger partial charge < -0.3 is 4.74 Å². The summed E-state index contributed by atoms with van der Waals surface area (Å²) in [6.07, 6.45) is 6.06. The smallest absolute Gasteiger partial charge is 0.414 e. The summed E-state index contributed by atoms with van der Waals surface area (Å²) in [5.41, 5.74) is 1.62. The first kappa shape index (κ1) is 10.7. The summed E-state index contributed by atoms with van der Waals surface area (Å²) in [4.78, 5) is 17.6.